The van der Waals surface area contributed by atoms with Crippen molar-refractivity contribution in [3.05, 3.63) is 72.9 Å². The van der Waals surface area contributed by atoms with E-state index >= 15 is 0 Å². The van der Waals surface area contributed by atoms with Gasteiger partial charge >= 0.3 is 17.9 Å². The Bertz CT molecular complexity index is 1210. The summed E-state index contributed by atoms with van der Waals surface area (Å²) in [5.41, 5.74) is 0. The Hall–Kier alpha value is -3.15. The van der Waals surface area contributed by atoms with Crippen LogP contribution in [0.4, 0.5) is 0 Å². The lowest BCUT2D eigenvalue weighted by molar-refractivity contribution is -0.167. The highest BCUT2D eigenvalue weighted by atomic mass is 16.6. The van der Waals surface area contributed by atoms with E-state index in [-0.39, 0.29) is 31.1 Å². The number of hydrogen-bond acceptors (Lipinski definition) is 6. The average Bonchev–Trinajstić information content (AvgIpc) is 3.29. The van der Waals surface area contributed by atoms with Crippen molar-refractivity contribution in [2.75, 3.05) is 13.2 Å². The molecule has 0 saturated heterocycles. The lowest BCUT2D eigenvalue weighted by atomic mass is 10.1. The standard InChI is InChI=1S/C58H100O6/c1-4-7-10-13-16-19-22-25-28-31-33-36-39-42-45-48-51-57(60)63-54-55(64-58(61)52-49-46-43-40-37-34-30-27-24-21-18-15-12-9-6-3)53-62-56(59)50-47-44-41-38-35-32-29-26-23-20-17-14-11-8-5-2/h7,10,16,19-21,23-25,28,33,36,55H,4-6,8-9,11-15,17-18,22,26-27,29-32,34-35,37-54H2,1-3H3/b10-7-,19-16-,23-20-,24-21-,28-25-,36-33-. The molecule has 1 atom stereocenters. The van der Waals surface area contributed by atoms with E-state index in [1.807, 2.05) is 0 Å². The SMILES string of the molecule is CC/C=C\C/C=C\C/C=C\C/C=C\CCCCCC(=O)OCC(COC(=O)CCCCCCCCC/C=C\CCCCCC)OC(=O)CCCCCCCCC/C=C\CCCCCC. The van der Waals surface area contributed by atoms with Crippen LogP contribution < -0.4 is 0 Å². The molecule has 0 bridgehead atoms. The molecule has 0 heterocycles. The van der Waals surface area contributed by atoms with Crippen molar-refractivity contribution in [3.63, 3.8) is 0 Å². The van der Waals surface area contributed by atoms with Crippen molar-refractivity contribution in [1.82, 2.24) is 0 Å². The molecule has 0 N–H and O–H groups in total. The van der Waals surface area contributed by atoms with Crippen LogP contribution in [0.25, 0.3) is 0 Å². The second kappa shape index (κ2) is 52.5. The van der Waals surface area contributed by atoms with Gasteiger partial charge in [0.1, 0.15) is 13.2 Å². The number of allylic oxidation sites excluding steroid dienone is 12. The Labute approximate surface area is 395 Å². The molecule has 0 amide bonds. The molecule has 0 rings (SSSR count). The zero-order chi connectivity index (χ0) is 46.5. The van der Waals surface area contributed by atoms with Crippen molar-refractivity contribution in [1.29, 1.82) is 0 Å². The van der Waals surface area contributed by atoms with Crippen molar-refractivity contribution in [2.45, 2.75) is 264 Å². The van der Waals surface area contributed by atoms with Crippen LogP contribution in [0.1, 0.15) is 258 Å². The highest BCUT2D eigenvalue weighted by molar-refractivity contribution is 5.71. The van der Waals surface area contributed by atoms with Gasteiger partial charge in [-0.05, 0) is 109 Å². The number of hydrogen-bond donors (Lipinski definition) is 0. The fourth-order valence-electron chi connectivity index (χ4n) is 7.36. The first-order valence-electron chi connectivity index (χ1n) is 26.9. The molecule has 0 aliphatic rings. The van der Waals surface area contributed by atoms with E-state index in [0.29, 0.717) is 19.3 Å². The minimum Gasteiger partial charge on any atom is -0.462 e. The van der Waals surface area contributed by atoms with Crippen molar-refractivity contribution >= 4 is 17.9 Å². The zero-order valence-electron chi connectivity index (χ0n) is 42.0. The quantitative estimate of drug-likeness (QED) is 0.0262. The molecule has 0 spiro atoms. The molecule has 0 aromatic carbocycles. The molecule has 6 nitrogen and oxygen atoms in total. The minimum atomic E-state index is -0.792. The first-order valence-corrected chi connectivity index (χ1v) is 26.9. The van der Waals surface area contributed by atoms with E-state index in [2.05, 4.69) is 93.7 Å². The summed E-state index contributed by atoms with van der Waals surface area (Å²) < 4.78 is 16.8. The largest absolute Gasteiger partial charge is 0.462 e. The zero-order valence-corrected chi connectivity index (χ0v) is 42.0. The Morgan fingerprint density at radius 2 is 0.609 bits per heavy atom. The van der Waals surface area contributed by atoms with E-state index in [0.717, 1.165) is 89.9 Å². The van der Waals surface area contributed by atoms with E-state index in [9.17, 15) is 14.4 Å². The van der Waals surface area contributed by atoms with Gasteiger partial charge in [-0.1, -0.05) is 203 Å². The van der Waals surface area contributed by atoms with Gasteiger partial charge in [0.25, 0.3) is 0 Å². The molecule has 0 radical (unpaired) electrons. The number of rotatable bonds is 48. The summed E-state index contributed by atoms with van der Waals surface area (Å²) in [6.45, 7) is 6.47. The number of carbonyl (C=O) groups is 3. The van der Waals surface area contributed by atoms with Gasteiger partial charge < -0.3 is 14.2 Å². The second-order valence-corrected chi connectivity index (χ2v) is 17.7. The van der Waals surface area contributed by atoms with E-state index < -0.39 is 6.10 Å². The van der Waals surface area contributed by atoms with E-state index in [4.69, 9.17) is 14.2 Å². The van der Waals surface area contributed by atoms with Crippen LogP contribution in [0, 0.1) is 0 Å². The highest BCUT2D eigenvalue weighted by Gasteiger charge is 2.19. The van der Waals surface area contributed by atoms with Gasteiger partial charge in [-0.15, -0.1) is 0 Å². The topological polar surface area (TPSA) is 78.9 Å². The first-order chi connectivity index (χ1) is 31.5. The monoisotopic (exact) mass is 893 g/mol. The molecule has 64 heavy (non-hydrogen) atoms. The Kier molecular flexibility index (Phi) is 49.9. The van der Waals surface area contributed by atoms with Gasteiger partial charge in [0.15, 0.2) is 6.10 Å². The van der Waals surface area contributed by atoms with Crippen LogP contribution in [0.3, 0.4) is 0 Å². The van der Waals surface area contributed by atoms with Crippen LogP contribution in [0.15, 0.2) is 72.9 Å². The fourth-order valence-corrected chi connectivity index (χ4v) is 7.36. The minimum absolute atomic E-state index is 0.0893. The maximum atomic E-state index is 12.8. The third-order valence-electron chi connectivity index (χ3n) is 11.4. The molecule has 0 aliphatic heterocycles. The van der Waals surface area contributed by atoms with E-state index in [1.165, 1.54) is 128 Å². The maximum absolute atomic E-state index is 12.8. The number of ether oxygens (including phenoxy) is 3. The molecule has 0 aliphatic carbocycles. The third kappa shape index (κ3) is 49.9. The number of carbonyl (C=O) groups excluding carboxylic acids is 3. The Morgan fingerprint density at radius 1 is 0.328 bits per heavy atom. The molecular weight excluding hydrogens is 793 g/mol. The summed E-state index contributed by atoms with van der Waals surface area (Å²) in [4.78, 5) is 38.0. The van der Waals surface area contributed by atoms with Crippen LogP contribution in [-0.4, -0.2) is 37.2 Å². The number of unbranched alkanes of at least 4 members (excludes halogenated alkanes) is 25. The van der Waals surface area contributed by atoms with Gasteiger partial charge in [0, 0.05) is 19.3 Å². The number of esters is 3. The smallest absolute Gasteiger partial charge is 0.306 e. The molecule has 1 unspecified atom stereocenters. The lowest BCUT2D eigenvalue weighted by Crippen LogP contribution is -2.30. The van der Waals surface area contributed by atoms with Crippen molar-refractivity contribution in [3.8, 4) is 0 Å². The average molecular weight is 893 g/mol. The maximum Gasteiger partial charge on any atom is 0.306 e. The molecule has 0 aromatic heterocycles. The normalized spacial score (nSPS) is 12.6. The first kappa shape index (κ1) is 60.9. The molecule has 0 saturated carbocycles. The van der Waals surface area contributed by atoms with Gasteiger partial charge in [0.2, 0.25) is 0 Å². The molecule has 6 heteroatoms. The fraction of sp³-hybridized carbons (Fsp3) is 0.741. The van der Waals surface area contributed by atoms with Crippen molar-refractivity contribution in [2.24, 2.45) is 0 Å². The highest BCUT2D eigenvalue weighted by Crippen LogP contribution is 2.14. The van der Waals surface area contributed by atoms with Crippen LogP contribution in [0.5, 0.6) is 0 Å². The van der Waals surface area contributed by atoms with Crippen molar-refractivity contribution < 1.29 is 28.6 Å². The van der Waals surface area contributed by atoms with Gasteiger partial charge in [-0.2, -0.15) is 0 Å². The lowest BCUT2D eigenvalue weighted by Gasteiger charge is -2.18. The van der Waals surface area contributed by atoms with Gasteiger partial charge in [0.05, 0.1) is 0 Å². The molecule has 368 valence electrons. The molecule has 0 fully saturated rings. The summed E-state index contributed by atoms with van der Waals surface area (Å²) in [5, 5.41) is 0. The molecular formula is C58H100O6. The summed E-state index contributed by atoms with van der Waals surface area (Å²) in [7, 11) is 0. The summed E-state index contributed by atoms with van der Waals surface area (Å²) in [5.74, 6) is -0.926. The summed E-state index contributed by atoms with van der Waals surface area (Å²) in [6.07, 6.45) is 65.9. The van der Waals surface area contributed by atoms with Crippen LogP contribution >= 0.6 is 0 Å². The second-order valence-electron chi connectivity index (χ2n) is 17.7. The van der Waals surface area contributed by atoms with Crippen LogP contribution in [-0.2, 0) is 28.6 Å². The summed E-state index contributed by atoms with van der Waals surface area (Å²) in [6, 6.07) is 0. The predicted octanol–water partition coefficient (Wildman–Crippen LogP) is 17.8. The van der Waals surface area contributed by atoms with Crippen LogP contribution in [0.2, 0.25) is 0 Å². The third-order valence-corrected chi connectivity index (χ3v) is 11.4. The van der Waals surface area contributed by atoms with Gasteiger partial charge in [-0.3, -0.25) is 14.4 Å². The predicted molar refractivity (Wildman–Crippen MR) is 274 cm³/mol. The van der Waals surface area contributed by atoms with Gasteiger partial charge in [-0.25, -0.2) is 0 Å². The summed E-state index contributed by atoms with van der Waals surface area (Å²) >= 11 is 0. The molecule has 0 aromatic rings. The van der Waals surface area contributed by atoms with E-state index in [1.54, 1.807) is 0 Å². The Balaban J connectivity index is 4.44. The Morgan fingerprint density at radius 3 is 0.984 bits per heavy atom.